The van der Waals surface area contributed by atoms with Crippen molar-refractivity contribution in [3.05, 3.63) is 52.1 Å². The molecule has 0 N–H and O–H groups in total. The van der Waals surface area contributed by atoms with Crippen LogP contribution in [0, 0.1) is 12.7 Å². The fourth-order valence-electron chi connectivity index (χ4n) is 2.79. The average Bonchev–Trinajstić information content (AvgIpc) is 2.89. The summed E-state index contributed by atoms with van der Waals surface area (Å²) in [6.45, 7) is 5.76. The summed E-state index contributed by atoms with van der Waals surface area (Å²) in [5.41, 5.74) is 1.23. The second kappa shape index (κ2) is 5.98. The third-order valence-electron chi connectivity index (χ3n) is 3.92. The Morgan fingerprint density at radius 1 is 1.16 bits per heavy atom. The highest BCUT2D eigenvalue weighted by Crippen LogP contribution is 2.34. The first kappa shape index (κ1) is 17.7. The zero-order valence-corrected chi connectivity index (χ0v) is 14.4. The molecular weight excluding hydrogens is 358 g/mol. The summed E-state index contributed by atoms with van der Waals surface area (Å²) in [5.74, 6) is -1.22. The molecule has 0 aliphatic heterocycles. The Kier molecular flexibility index (Phi) is 4.23. The Morgan fingerprint density at radius 2 is 1.84 bits per heavy atom. The number of hydrogen-bond acceptors (Lipinski definition) is 2. The molecule has 8 heteroatoms. The quantitative estimate of drug-likeness (QED) is 0.431. The van der Waals surface area contributed by atoms with Crippen LogP contribution >= 0.6 is 11.6 Å². The van der Waals surface area contributed by atoms with Crippen LogP contribution in [0.15, 0.2) is 24.3 Å². The van der Waals surface area contributed by atoms with Gasteiger partial charge in [0.05, 0.1) is 11.3 Å². The lowest BCUT2D eigenvalue weighted by Gasteiger charge is -2.11. The summed E-state index contributed by atoms with van der Waals surface area (Å²) < 4.78 is 53.3. The van der Waals surface area contributed by atoms with Crippen LogP contribution in [0.4, 0.5) is 17.6 Å². The maximum absolute atomic E-state index is 13.8. The number of hydrogen-bond donors (Lipinski definition) is 0. The maximum atomic E-state index is 13.8. The molecule has 0 unspecified atom stereocenters. The van der Waals surface area contributed by atoms with Crippen LogP contribution in [0.1, 0.15) is 36.6 Å². The fraction of sp³-hybridized carbons (Fsp3) is 0.294. The summed E-state index contributed by atoms with van der Waals surface area (Å²) in [6, 6.07) is 4.26. The Bertz CT molecular complexity index is 961. The van der Waals surface area contributed by atoms with Gasteiger partial charge in [0, 0.05) is 22.9 Å². The third kappa shape index (κ3) is 3.08. The number of nitrogens with zero attached hydrogens (tertiary/aromatic N) is 3. The van der Waals surface area contributed by atoms with Crippen molar-refractivity contribution < 1.29 is 17.6 Å². The van der Waals surface area contributed by atoms with Crippen molar-refractivity contribution >= 4 is 17.2 Å². The average molecular weight is 372 g/mol. The second-order valence-corrected chi connectivity index (χ2v) is 6.41. The smallest absolute Gasteiger partial charge is 0.233 e. The predicted octanol–water partition coefficient (Wildman–Crippen LogP) is 5.64. The molecule has 0 atom stereocenters. The van der Waals surface area contributed by atoms with E-state index < -0.39 is 17.6 Å². The van der Waals surface area contributed by atoms with Gasteiger partial charge in [-0.3, -0.25) is 0 Å². The number of aryl methyl sites for hydroxylation is 1. The topological polar surface area (TPSA) is 30.2 Å². The van der Waals surface area contributed by atoms with E-state index in [4.69, 9.17) is 11.6 Å². The SMILES string of the molecule is Cc1nc2cc(-c3ccc(C(F)(F)F)c(F)c3)nn2c(Cl)c1C(C)C. The van der Waals surface area contributed by atoms with Gasteiger partial charge in [-0.05, 0) is 25.0 Å². The normalized spacial score (nSPS) is 12.4. The van der Waals surface area contributed by atoms with Gasteiger partial charge >= 0.3 is 6.18 Å². The molecule has 0 bridgehead atoms. The first-order valence-electron chi connectivity index (χ1n) is 7.52. The van der Waals surface area contributed by atoms with E-state index in [1.807, 2.05) is 20.8 Å². The largest absolute Gasteiger partial charge is 0.419 e. The first-order chi connectivity index (χ1) is 11.6. The van der Waals surface area contributed by atoms with E-state index in [2.05, 4.69) is 10.1 Å². The van der Waals surface area contributed by atoms with Crippen molar-refractivity contribution in [2.75, 3.05) is 0 Å². The van der Waals surface area contributed by atoms with Gasteiger partial charge in [0.15, 0.2) is 5.65 Å². The fourth-order valence-corrected chi connectivity index (χ4v) is 3.27. The summed E-state index contributed by atoms with van der Waals surface area (Å²) in [5, 5.41) is 4.66. The number of aromatic nitrogens is 3. The van der Waals surface area contributed by atoms with Crippen molar-refractivity contribution in [2.45, 2.75) is 32.9 Å². The van der Waals surface area contributed by atoms with Crippen LogP contribution in [-0.4, -0.2) is 14.6 Å². The van der Waals surface area contributed by atoms with E-state index in [1.54, 1.807) is 6.07 Å². The van der Waals surface area contributed by atoms with Crippen LogP contribution in [-0.2, 0) is 6.18 Å². The molecule has 0 aliphatic rings. The van der Waals surface area contributed by atoms with Gasteiger partial charge in [0.2, 0.25) is 0 Å². The lowest BCUT2D eigenvalue weighted by atomic mass is 10.0. The second-order valence-electron chi connectivity index (χ2n) is 6.05. The van der Waals surface area contributed by atoms with Gasteiger partial charge < -0.3 is 0 Å². The van der Waals surface area contributed by atoms with E-state index in [0.29, 0.717) is 22.6 Å². The molecule has 0 saturated carbocycles. The van der Waals surface area contributed by atoms with Gasteiger partial charge in [-0.15, -0.1) is 0 Å². The Labute approximate surface area is 146 Å². The molecular formula is C17H14ClF4N3. The molecule has 2 heterocycles. The molecule has 0 aliphatic carbocycles. The predicted molar refractivity (Wildman–Crippen MR) is 87.2 cm³/mol. The van der Waals surface area contributed by atoms with Crippen molar-refractivity contribution in [1.82, 2.24) is 14.6 Å². The Morgan fingerprint density at radius 3 is 2.40 bits per heavy atom. The molecule has 25 heavy (non-hydrogen) atoms. The monoisotopic (exact) mass is 371 g/mol. The number of fused-ring (bicyclic) bond motifs is 1. The third-order valence-corrected chi connectivity index (χ3v) is 4.28. The maximum Gasteiger partial charge on any atom is 0.419 e. The zero-order chi connectivity index (χ0) is 18.5. The summed E-state index contributed by atoms with van der Waals surface area (Å²) in [7, 11) is 0. The minimum Gasteiger partial charge on any atom is -0.233 e. The first-order valence-corrected chi connectivity index (χ1v) is 7.90. The molecule has 3 aromatic rings. The highest BCUT2D eigenvalue weighted by molar-refractivity contribution is 6.30. The van der Waals surface area contributed by atoms with E-state index in [0.717, 1.165) is 17.3 Å². The minimum absolute atomic E-state index is 0.126. The number of alkyl halides is 3. The zero-order valence-electron chi connectivity index (χ0n) is 13.6. The molecule has 2 aromatic heterocycles. The van der Waals surface area contributed by atoms with Crippen molar-refractivity contribution in [3.63, 3.8) is 0 Å². The van der Waals surface area contributed by atoms with Gasteiger partial charge in [0.25, 0.3) is 0 Å². The van der Waals surface area contributed by atoms with Crippen LogP contribution in [0.2, 0.25) is 5.15 Å². The highest BCUT2D eigenvalue weighted by Gasteiger charge is 2.34. The van der Waals surface area contributed by atoms with Gasteiger partial charge in [-0.2, -0.15) is 18.3 Å². The molecule has 0 spiro atoms. The Hall–Kier alpha value is -2.15. The Balaban J connectivity index is 2.15. The van der Waals surface area contributed by atoms with Gasteiger partial charge in [0.1, 0.15) is 11.0 Å². The lowest BCUT2D eigenvalue weighted by molar-refractivity contribution is -0.139. The van der Waals surface area contributed by atoms with Gasteiger partial charge in [-0.1, -0.05) is 31.5 Å². The van der Waals surface area contributed by atoms with Crippen LogP contribution < -0.4 is 0 Å². The number of halogens is 5. The van der Waals surface area contributed by atoms with E-state index in [-0.39, 0.29) is 11.5 Å². The summed E-state index contributed by atoms with van der Waals surface area (Å²) in [6.07, 6.45) is -4.74. The van der Waals surface area contributed by atoms with E-state index in [9.17, 15) is 17.6 Å². The van der Waals surface area contributed by atoms with E-state index in [1.165, 1.54) is 10.6 Å². The molecule has 0 radical (unpaired) electrons. The molecule has 132 valence electrons. The minimum atomic E-state index is -4.74. The standard InChI is InChI=1S/C17H14ClF4N3/c1-8(2)15-9(3)23-14-7-13(24-25(14)16(15)18)10-4-5-11(12(19)6-10)17(20,21)22/h4-8H,1-3H3. The molecule has 0 saturated heterocycles. The molecule has 3 nitrogen and oxygen atoms in total. The molecule has 1 aromatic carbocycles. The number of rotatable bonds is 2. The summed E-state index contributed by atoms with van der Waals surface area (Å²) >= 11 is 6.40. The van der Waals surface area contributed by atoms with Crippen LogP contribution in [0.25, 0.3) is 16.9 Å². The van der Waals surface area contributed by atoms with Crippen LogP contribution in [0.5, 0.6) is 0 Å². The van der Waals surface area contributed by atoms with Crippen molar-refractivity contribution in [2.24, 2.45) is 0 Å². The molecule has 3 rings (SSSR count). The van der Waals surface area contributed by atoms with Crippen molar-refractivity contribution in [3.8, 4) is 11.3 Å². The lowest BCUT2D eigenvalue weighted by Crippen LogP contribution is -2.07. The number of benzene rings is 1. The van der Waals surface area contributed by atoms with Gasteiger partial charge in [-0.25, -0.2) is 13.9 Å². The molecule has 0 amide bonds. The molecule has 0 fully saturated rings. The summed E-state index contributed by atoms with van der Waals surface area (Å²) in [4.78, 5) is 4.43. The van der Waals surface area contributed by atoms with Crippen LogP contribution in [0.3, 0.4) is 0 Å². The highest BCUT2D eigenvalue weighted by atomic mass is 35.5. The van der Waals surface area contributed by atoms with E-state index >= 15 is 0 Å². The van der Waals surface area contributed by atoms with Crippen molar-refractivity contribution in [1.29, 1.82) is 0 Å².